The molecule has 9 heavy (non-hydrogen) atoms. The third kappa shape index (κ3) is 1.85. The molecule has 1 heterocycles. The highest BCUT2D eigenvalue weighted by molar-refractivity contribution is 8.48. The highest BCUT2D eigenvalue weighted by Crippen LogP contribution is 2.60. The molecule has 0 aromatic carbocycles. The monoisotopic (exact) mass is 150 g/mol. The van der Waals surface area contributed by atoms with Gasteiger partial charge >= 0.3 is 0 Å². The summed E-state index contributed by atoms with van der Waals surface area (Å²) in [7, 11) is -1.29. The molecule has 1 saturated heterocycles. The Bertz CT molecular complexity index is 125. The molecule has 0 aromatic rings. The van der Waals surface area contributed by atoms with Crippen molar-refractivity contribution in [1.82, 2.24) is 5.32 Å². The van der Waals surface area contributed by atoms with Crippen molar-refractivity contribution in [3.63, 3.8) is 0 Å². The average Bonchev–Trinajstić information content (AvgIpc) is 1.78. The van der Waals surface area contributed by atoms with E-state index in [1.807, 2.05) is 0 Å². The second kappa shape index (κ2) is 1.65. The van der Waals surface area contributed by atoms with E-state index in [0.29, 0.717) is 0 Å². The summed E-state index contributed by atoms with van der Waals surface area (Å²) >= 11 is 0. The minimum Gasteiger partial charge on any atom is -0.315 e. The van der Waals surface area contributed by atoms with Crippen molar-refractivity contribution in [3.8, 4) is 0 Å². The molecule has 0 saturated carbocycles. The van der Waals surface area contributed by atoms with Crippen LogP contribution in [0.15, 0.2) is 0 Å². The number of nitrogens with one attached hydrogen (secondary N) is 1. The van der Waals surface area contributed by atoms with Gasteiger partial charge in [0.25, 0.3) is 0 Å². The van der Waals surface area contributed by atoms with Gasteiger partial charge in [-0.1, -0.05) is 0 Å². The summed E-state index contributed by atoms with van der Waals surface area (Å²) in [5.41, 5.74) is 5.72. The fourth-order valence-corrected chi connectivity index (χ4v) is 3.94. The smallest absolute Gasteiger partial charge is 0.0616 e. The summed E-state index contributed by atoms with van der Waals surface area (Å²) in [4.78, 5) is 0. The fraction of sp³-hybridized carbons (Fsp3) is 1.00. The van der Waals surface area contributed by atoms with Gasteiger partial charge in [0.2, 0.25) is 0 Å². The van der Waals surface area contributed by atoms with E-state index in [9.17, 15) is 0 Å². The maximum atomic E-state index is 5.72. The fourth-order valence-electron chi connectivity index (χ4n) is 1.31. The van der Waals surface area contributed by atoms with Crippen molar-refractivity contribution >= 4 is 9.16 Å². The number of thiol groups is 1. The Morgan fingerprint density at radius 2 is 2.00 bits per heavy atom. The molecule has 2 nitrogen and oxygen atoms in total. The number of rotatable bonds is 0. The Kier molecular flexibility index (Phi) is 1.35. The van der Waals surface area contributed by atoms with Crippen LogP contribution in [0.5, 0.6) is 0 Å². The summed E-state index contributed by atoms with van der Waals surface area (Å²) in [6, 6.07) is 0. The lowest BCUT2D eigenvalue weighted by atomic mass is 10.6. The van der Waals surface area contributed by atoms with Crippen molar-refractivity contribution in [3.05, 3.63) is 0 Å². The van der Waals surface area contributed by atoms with Crippen molar-refractivity contribution in [2.75, 3.05) is 30.4 Å². The summed E-state index contributed by atoms with van der Waals surface area (Å²) in [6.45, 7) is 0. The molecule has 0 aliphatic carbocycles. The molecule has 1 fully saturated rings. The summed E-state index contributed by atoms with van der Waals surface area (Å²) < 4.78 is 0. The molecule has 0 amide bonds. The molecule has 1 aliphatic heterocycles. The van der Waals surface area contributed by atoms with Gasteiger partial charge in [0.1, 0.15) is 0 Å². The lowest BCUT2D eigenvalue weighted by Crippen LogP contribution is -2.32. The second-order valence-electron chi connectivity index (χ2n) is 4.61. The minimum atomic E-state index is -1.29. The Labute approximate surface area is 57.5 Å². The van der Waals surface area contributed by atoms with Crippen LogP contribution < -0.4 is 11.1 Å². The molecule has 1 aliphatic rings. The van der Waals surface area contributed by atoms with Crippen molar-refractivity contribution in [1.29, 1.82) is 0 Å². The van der Waals surface area contributed by atoms with Crippen LogP contribution in [-0.2, 0) is 0 Å². The van der Waals surface area contributed by atoms with Gasteiger partial charge in [0, 0.05) is 5.88 Å². The predicted molar refractivity (Wildman–Crippen MR) is 47.6 cm³/mol. The van der Waals surface area contributed by atoms with Gasteiger partial charge in [-0.2, -0.15) is 0 Å². The van der Waals surface area contributed by atoms with Gasteiger partial charge in [-0.15, -0.1) is 0 Å². The van der Waals surface area contributed by atoms with Crippen LogP contribution in [0, 0.1) is 0 Å². The van der Waals surface area contributed by atoms with E-state index in [2.05, 4.69) is 24.1 Å². The molecular formula is C6H18N2S. The Morgan fingerprint density at radius 1 is 1.44 bits per heavy atom. The molecule has 1 rings (SSSR count). The van der Waals surface area contributed by atoms with Crippen LogP contribution in [-0.4, -0.2) is 36.6 Å². The van der Waals surface area contributed by atoms with Gasteiger partial charge in [-0.25, -0.2) is 0 Å². The standard InChI is InChI=1S/C6H18N2S/c1-9(2,3)4-6(7)8-5-9/h6,8-9H,4-5,7H2,1-3H3. The summed E-state index contributed by atoms with van der Waals surface area (Å²) in [6.07, 6.45) is 7.41. The Balaban J connectivity index is 2.67. The minimum absolute atomic E-state index is 0.266. The van der Waals surface area contributed by atoms with E-state index >= 15 is 0 Å². The van der Waals surface area contributed by atoms with E-state index in [1.165, 1.54) is 5.75 Å². The first-order valence-corrected chi connectivity index (χ1v) is 7.31. The Morgan fingerprint density at radius 3 is 2.11 bits per heavy atom. The van der Waals surface area contributed by atoms with E-state index in [0.717, 1.165) is 5.88 Å². The Hall–Kier alpha value is 0.270. The molecule has 58 valence electrons. The second-order valence-corrected chi connectivity index (χ2v) is 12.2. The molecular weight excluding hydrogens is 132 g/mol. The summed E-state index contributed by atoms with van der Waals surface area (Å²) in [5.74, 6) is 2.36. The van der Waals surface area contributed by atoms with Gasteiger partial charge in [0.05, 0.1) is 6.17 Å². The van der Waals surface area contributed by atoms with E-state index < -0.39 is 9.16 Å². The first kappa shape index (κ1) is 7.38. The number of hydrogen-bond acceptors (Lipinski definition) is 2. The largest absolute Gasteiger partial charge is 0.315 e. The zero-order valence-corrected chi connectivity index (χ0v) is 7.41. The van der Waals surface area contributed by atoms with Crippen molar-refractivity contribution in [2.45, 2.75) is 6.17 Å². The van der Waals surface area contributed by atoms with Crippen LogP contribution in [0.2, 0.25) is 0 Å². The molecule has 1 atom stereocenters. The lowest BCUT2D eigenvalue weighted by molar-refractivity contribution is 0.662. The van der Waals surface area contributed by atoms with Gasteiger partial charge < -0.3 is 5.73 Å². The molecule has 0 radical (unpaired) electrons. The molecule has 1 unspecified atom stereocenters. The highest BCUT2D eigenvalue weighted by atomic mass is 32.3. The van der Waals surface area contributed by atoms with E-state index in [1.54, 1.807) is 0 Å². The van der Waals surface area contributed by atoms with E-state index in [-0.39, 0.29) is 6.17 Å². The van der Waals surface area contributed by atoms with Crippen molar-refractivity contribution in [2.24, 2.45) is 5.73 Å². The first-order chi connectivity index (χ1) is 3.87. The van der Waals surface area contributed by atoms with Crippen LogP contribution in [0.25, 0.3) is 0 Å². The first-order valence-electron chi connectivity index (χ1n) is 3.36. The van der Waals surface area contributed by atoms with Gasteiger partial charge in [0.15, 0.2) is 0 Å². The van der Waals surface area contributed by atoms with E-state index in [4.69, 9.17) is 5.73 Å². The zero-order valence-electron chi connectivity index (χ0n) is 6.52. The highest BCUT2D eigenvalue weighted by Gasteiger charge is 2.33. The molecule has 3 heteroatoms. The van der Waals surface area contributed by atoms with Crippen LogP contribution in [0.4, 0.5) is 0 Å². The third-order valence-corrected chi connectivity index (χ3v) is 4.92. The number of nitrogens with two attached hydrogens (primary N) is 1. The quantitative estimate of drug-likeness (QED) is 0.418. The summed E-state index contributed by atoms with van der Waals surface area (Å²) in [5, 5.41) is 3.29. The van der Waals surface area contributed by atoms with Crippen LogP contribution in [0.1, 0.15) is 0 Å². The van der Waals surface area contributed by atoms with Gasteiger partial charge in [-0.05, 0) is 24.5 Å². The van der Waals surface area contributed by atoms with Crippen LogP contribution in [0.3, 0.4) is 0 Å². The SMILES string of the molecule is C[SH]1(C)(C)CNC(N)C1. The maximum Gasteiger partial charge on any atom is 0.0616 e. The van der Waals surface area contributed by atoms with Gasteiger partial charge in [-0.3, -0.25) is 14.5 Å². The number of hydrogen-bond donors (Lipinski definition) is 3. The topological polar surface area (TPSA) is 38.0 Å². The predicted octanol–water partition coefficient (Wildman–Crippen LogP) is -0.206. The average molecular weight is 150 g/mol. The molecule has 0 spiro atoms. The third-order valence-electron chi connectivity index (χ3n) is 1.81. The lowest BCUT2D eigenvalue weighted by Gasteiger charge is -2.46. The molecule has 3 N–H and O–H groups in total. The molecule has 0 bridgehead atoms. The van der Waals surface area contributed by atoms with Crippen molar-refractivity contribution < 1.29 is 0 Å². The zero-order chi connectivity index (χ0) is 7.15. The normalized spacial score (nSPS) is 43.6. The van der Waals surface area contributed by atoms with Crippen LogP contribution >= 0.6 is 9.16 Å². The molecule has 0 aromatic heterocycles. The maximum absolute atomic E-state index is 5.72.